The number of carbonyl (C=O) groups excluding carboxylic acids is 2. The lowest BCUT2D eigenvalue weighted by Crippen LogP contribution is -2.38. The first-order valence-corrected chi connectivity index (χ1v) is 17.0. The second-order valence-corrected chi connectivity index (χ2v) is 13.1. The number of nitrogens with one attached hydrogen (secondary N) is 2. The number of aliphatic hydroxyl groups is 3. The van der Waals surface area contributed by atoms with E-state index in [2.05, 4.69) is 20.7 Å². The van der Waals surface area contributed by atoms with E-state index in [1.807, 2.05) is 43.0 Å². The standard InChI is InChI=1S/C38H51N5O6/c1-26-11-12-30(17-27(26)2)20-39-41-38(48)35-19-34(49-25-33(46)24-42-15-6-5-7-16-42)13-14-36(35)40-37(47)32-10-8-9-31(18-32)23-43(21-28(3)44)22-29(4)45/h8-14,17-20,28-29,33,44-46H,5-7,15-16,21-25H2,1-4H3,(H,40,47)(H,41,48). The van der Waals surface area contributed by atoms with Crippen molar-refractivity contribution < 1.29 is 29.6 Å². The maximum absolute atomic E-state index is 13.5. The highest BCUT2D eigenvalue weighted by atomic mass is 16.5. The van der Waals surface area contributed by atoms with E-state index in [4.69, 9.17) is 4.74 Å². The van der Waals surface area contributed by atoms with Crippen LogP contribution in [-0.2, 0) is 6.54 Å². The third kappa shape index (κ3) is 12.4. The first-order chi connectivity index (χ1) is 23.5. The molecule has 4 rings (SSSR count). The van der Waals surface area contributed by atoms with Gasteiger partial charge in [-0.25, -0.2) is 5.43 Å². The fourth-order valence-corrected chi connectivity index (χ4v) is 5.88. The van der Waals surface area contributed by atoms with Crippen molar-refractivity contribution in [3.63, 3.8) is 0 Å². The zero-order valence-electron chi connectivity index (χ0n) is 29.1. The highest BCUT2D eigenvalue weighted by molar-refractivity contribution is 6.09. The number of anilines is 1. The zero-order valence-corrected chi connectivity index (χ0v) is 29.1. The molecule has 11 heteroatoms. The summed E-state index contributed by atoms with van der Waals surface area (Å²) in [4.78, 5) is 31.1. The summed E-state index contributed by atoms with van der Waals surface area (Å²) in [6.45, 7) is 11.1. The number of nitrogens with zero attached hydrogens (tertiary/aromatic N) is 3. The summed E-state index contributed by atoms with van der Waals surface area (Å²) in [5, 5.41) is 37.5. The zero-order chi connectivity index (χ0) is 35.3. The van der Waals surface area contributed by atoms with Crippen LogP contribution >= 0.6 is 0 Å². The average molecular weight is 674 g/mol. The molecule has 5 N–H and O–H groups in total. The molecule has 1 fully saturated rings. The van der Waals surface area contributed by atoms with Crippen LogP contribution in [0, 0.1) is 13.8 Å². The first kappa shape index (κ1) is 37.7. The molecule has 1 heterocycles. The molecule has 1 aliphatic rings. The summed E-state index contributed by atoms with van der Waals surface area (Å²) in [5.74, 6) is -0.592. The molecule has 3 atom stereocenters. The minimum Gasteiger partial charge on any atom is -0.491 e. The number of hydrogen-bond donors (Lipinski definition) is 5. The molecule has 0 spiro atoms. The van der Waals surface area contributed by atoms with Crippen LogP contribution in [0.2, 0.25) is 0 Å². The molecule has 1 aliphatic heterocycles. The van der Waals surface area contributed by atoms with Gasteiger partial charge >= 0.3 is 0 Å². The molecular formula is C38H51N5O6. The van der Waals surface area contributed by atoms with E-state index in [9.17, 15) is 24.9 Å². The molecule has 3 unspecified atom stereocenters. The number of aryl methyl sites for hydroxylation is 2. The van der Waals surface area contributed by atoms with Crippen molar-refractivity contribution in [3.05, 3.63) is 94.0 Å². The van der Waals surface area contributed by atoms with Gasteiger partial charge in [-0.05, 0) is 106 Å². The van der Waals surface area contributed by atoms with Crippen molar-refractivity contribution in [2.24, 2.45) is 5.10 Å². The Morgan fingerprint density at radius 1 is 0.918 bits per heavy atom. The van der Waals surface area contributed by atoms with Gasteiger partial charge in [0.1, 0.15) is 18.5 Å². The minimum absolute atomic E-state index is 0.0577. The Kier molecular flexibility index (Phi) is 14.3. The smallest absolute Gasteiger partial charge is 0.273 e. The number of aliphatic hydroxyl groups excluding tert-OH is 3. The van der Waals surface area contributed by atoms with Gasteiger partial charge in [-0.2, -0.15) is 5.10 Å². The van der Waals surface area contributed by atoms with Crippen LogP contribution in [0.1, 0.15) is 76.1 Å². The van der Waals surface area contributed by atoms with Gasteiger partial charge in [-0.15, -0.1) is 0 Å². The van der Waals surface area contributed by atoms with Gasteiger partial charge in [0, 0.05) is 31.7 Å². The van der Waals surface area contributed by atoms with Crippen molar-refractivity contribution in [1.29, 1.82) is 0 Å². The van der Waals surface area contributed by atoms with E-state index >= 15 is 0 Å². The topological polar surface area (TPSA) is 147 Å². The highest BCUT2D eigenvalue weighted by Gasteiger charge is 2.19. The molecule has 264 valence electrons. The van der Waals surface area contributed by atoms with Crippen molar-refractivity contribution in [3.8, 4) is 5.75 Å². The summed E-state index contributed by atoms with van der Waals surface area (Å²) in [6.07, 6.45) is 3.17. The lowest BCUT2D eigenvalue weighted by molar-refractivity contribution is 0.0617. The van der Waals surface area contributed by atoms with E-state index < -0.39 is 30.1 Å². The number of benzene rings is 3. The van der Waals surface area contributed by atoms with Gasteiger partial charge in [0.05, 0.1) is 29.7 Å². The quantitative estimate of drug-likeness (QED) is 0.113. The van der Waals surface area contributed by atoms with Crippen molar-refractivity contribution >= 4 is 23.7 Å². The first-order valence-electron chi connectivity index (χ1n) is 17.0. The molecule has 0 saturated carbocycles. The van der Waals surface area contributed by atoms with Gasteiger partial charge in [-0.1, -0.05) is 36.8 Å². The largest absolute Gasteiger partial charge is 0.491 e. The molecule has 3 aromatic rings. The van der Waals surface area contributed by atoms with Gasteiger partial charge in [0.2, 0.25) is 0 Å². The van der Waals surface area contributed by atoms with Crippen LogP contribution in [0.25, 0.3) is 0 Å². The SMILES string of the molecule is Cc1ccc(C=NNC(=O)c2cc(OCC(O)CN3CCCCC3)ccc2NC(=O)c2cccc(CN(CC(C)O)CC(C)O)c2)cc1C. The molecule has 0 aliphatic carbocycles. The fraction of sp³-hybridized carbons (Fsp3) is 0.447. The predicted molar refractivity (Wildman–Crippen MR) is 192 cm³/mol. The normalized spacial score (nSPS) is 15.6. The second kappa shape index (κ2) is 18.6. The summed E-state index contributed by atoms with van der Waals surface area (Å²) >= 11 is 0. The molecular weight excluding hydrogens is 622 g/mol. The summed E-state index contributed by atoms with van der Waals surface area (Å²) in [5.41, 5.74) is 7.28. The molecule has 2 amide bonds. The van der Waals surface area contributed by atoms with Gasteiger partial charge in [0.15, 0.2) is 0 Å². The van der Waals surface area contributed by atoms with Crippen LogP contribution in [0.4, 0.5) is 5.69 Å². The molecule has 11 nitrogen and oxygen atoms in total. The Morgan fingerprint density at radius 2 is 1.65 bits per heavy atom. The van der Waals surface area contributed by atoms with E-state index in [0.717, 1.165) is 48.2 Å². The van der Waals surface area contributed by atoms with Crippen molar-refractivity contribution in [1.82, 2.24) is 15.2 Å². The Bertz CT molecular complexity index is 1560. The van der Waals surface area contributed by atoms with Crippen LogP contribution < -0.4 is 15.5 Å². The molecule has 49 heavy (non-hydrogen) atoms. The predicted octanol–water partition coefficient (Wildman–Crippen LogP) is 4.11. The number of likely N-dealkylation sites (tertiary alicyclic amines) is 1. The van der Waals surface area contributed by atoms with E-state index in [1.54, 1.807) is 50.4 Å². The maximum atomic E-state index is 13.5. The number of hydrazone groups is 1. The maximum Gasteiger partial charge on any atom is 0.273 e. The Balaban J connectivity index is 1.50. The Labute approximate surface area is 289 Å². The van der Waals surface area contributed by atoms with Gasteiger partial charge < -0.3 is 30.3 Å². The number of hydrogen-bond acceptors (Lipinski definition) is 9. The highest BCUT2D eigenvalue weighted by Crippen LogP contribution is 2.24. The van der Waals surface area contributed by atoms with E-state index in [0.29, 0.717) is 37.5 Å². The van der Waals surface area contributed by atoms with E-state index in [1.165, 1.54) is 12.5 Å². The molecule has 0 radical (unpaired) electrons. The number of β-amino-alcohol motifs (C(OH)–C–C–N with tert-alkyl or cyclic N) is 1. The number of ether oxygens (including phenoxy) is 1. The summed E-state index contributed by atoms with van der Waals surface area (Å²) in [7, 11) is 0. The third-order valence-electron chi connectivity index (χ3n) is 8.39. The lowest BCUT2D eigenvalue weighted by Gasteiger charge is -2.28. The summed E-state index contributed by atoms with van der Waals surface area (Å²) in [6, 6.07) is 17.7. The second-order valence-electron chi connectivity index (χ2n) is 13.1. The Hall–Kier alpha value is -4.13. The molecule has 0 aromatic heterocycles. The number of rotatable bonds is 16. The average Bonchev–Trinajstić information content (AvgIpc) is 3.05. The monoisotopic (exact) mass is 673 g/mol. The summed E-state index contributed by atoms with van der Waals surface area (Å²) < 4.78 is 5.90. The molecule has 1 saturated heterocycles. The number of amides is 2. The van der Waals surface area contributed by atoms with Crippen molar-refractivity contribution in [2.45, 2.75) is 71.8 Å². The third-order valence-corrected chi connectivity index (χ3v) is 8.39. The lowest BCUT2D eigenvalue weighted by atomic mass is 10.1. The minimum atomic E-state index is -0.693. The number of piperidine rings is 1. The van der Waals surface area contributed by atoms with Crippen molar-refractivity contribution in [2.75, 3.05) is 44.6 Å². The van der Waals surface area contributed by atoms with E-state index in [-0.39, 0.29) is 17.9 Å². The van der Waals surface area contributed by atoms with Crippen LogP contribution in [0.3, 0.4) is 0 Å². The van der Waals surface area contributed by atoms with Gasteiger partial charge in [0.25, 0.3) is 11.8 Å². The van der Waals surface area contributed by atoms with Crippen LogP contribution in [0.15, 0.2) is 65.8 Å². The fourth-order valence-electron chi connectivity index (χ4n) is 5.88. The van der Waals surface area contributed by atoms with Crippen LogP contribution in [-0.4, -0.2) is 101 Å². The van der Waals surface area contributed by atoms with Crippen LogP contribution in [0.5, 0.6) is 5.75 Å². The number of carbonyl (C=O) groups is 2. The molecule has 3 aromatic carbocycles. The van der Waals surface area contributed by atoms with Gasteiger partial charge in [-0.3, -0.25) is 14.5 Å². The Morgan fingerprint density at radius 3 is 2.35 bits per heavy atom. The molecule has 0 bridgehead atoms.